The number of para-hydroxylation sites is 1. The summed E-state index contributed by atoms with van der Waals surface area (Å²) in [4.78, 5) is 1.38. The Morgan fingerprint density at radius 2 is 1.69 bits per heavy atom. The molecule has 172 valence electrons. The number of aryl methyl sites for hydroxylation is 1. The number of hydrogen-bond donors (Lipinski definition) is 0. The van der Waals surface area contributed by atoms with Gasteiger partial charge in [0.25, 0.3) is 0 Å². The summed E-state index contributed by atoms with van der Waals surface area (Å²) in [7, 11) is 0. The lowest BCUT2D eigenvalue weighted by Gasteiger charge is -2.20. The second-order valence-electron chi connectivity index (χ2n) is 9.74. The van der Waals surface area contributed by atoms with E-state index >= 15 is 0 Å². The summed E-state index contributed by atoms with van der Waals surface area (Å²) in [5.74, 6) is 0.438. The maximum Gasteiger partial charge on any atom is 0.0541 e. The average Bonchev–Trinajstić information content (AvgIpc) is 3.36. The molecule has 0 fully saturated rings. The number of thioether (sulfide) groups is 1. The highest BCUT2D eigenvalue weighted by Gasteiger charge is 2.31. The van der Waals surface area contributed by atoms with Crippen molar-refractivity contribution in [3.63, 3.8) is 0 Å². The van der Waals surface area contributed by atoms with Crippen molar-refractivity contribution in [3.8, 4) is 5.69 Å². The van der Waals surface area contributed by atoms with Gasteiger partial charge in [-0.25, -0.2) is 0 Å². The molecule has 2 unspecified atom stereocenters. The quantitative estimate of drug-likeness (QED) is 0.269. The van der Waals surface area contributed by atoms with Crippen molar-refractivity contribution in [2.24, 2.45) is 5.92 Å². The standard InChI is InChI=1S/C33H29NS/c1-21(2)10-16-32-23(4)27-19-25(13-17-33(27)35-32)24-12-15-31-29(20-24)28-18-22(3)11-14-30(28)34(31)26-8-6-5-7-9-26/h5-20,27,33H,1H2,2-4H3/b16-10-. The molecule has 0 N–H and O–H groups in total. The molecule has 0 amide bonds. The first-order chi connectivity index (χ1) is 17.0. The molecule has 2 aliphatic rings. The maximum atomic E-state index is 4.01. The molecule has 0 saturated carbocycles. The topological polar surface area (TPSA) is 4.93 Å². The molecule has 0 radical (unpaired) electrons. The van der Waals surface area contributed by atoms with Crippen LogP contribution >= 0.6 is 11.8 Å². The normalized spacial score (nSPS) is 19.7. The van der Waals surface area contributed by atoms with Crippen LogP contribution in [0.3, 0.4) is 0 Å². The number of fused-ring (bicyclic) bond motifs is 4. The molecule has 1 aromatic heterocycles. The van der Waals surface area contributed by atoms with Gasteiger partial charge in [0, 0.05) is 32.5 Å². The van der Waals surface area contributed by atoms with Crippen LogP contribution in [0.1, 0.15) is 25.0 Å². The van der Waals surface area contributed by atoms with Crippen LogP contribution in [0.2, 0.25) is 0 Å². The molecule has 1 nitrogen and oxygen atoms in total. The minimum Gasteiger partial charge on any atom is -0.309 e. The Kier molecular flexibility index (Phi) is 5.42. The highest BCUT2D eigenvalue weighted by Crippen LogP contribution is 2.47. The van der Waals surface area contributed by atoms with Gasteiger partial charge in [-0.05, 0) is 74.4 Å². The summed E-state index contributed by atoms with van der Waals surface area (Å²) in [5, 5.41) is 3.10. The summed E-state index contributed by atoms with van der Waals surface area (Å²) < 4.78 is 2.38. The van der Waals surface area contributed by atoms with Gasteiger partial charge in [-0.1, -0.05) is 77.9 Å². The molecular formula is C33H29NS. The van der Waals surface area contributed by atoms with E-state index in [9.17, 15) is 0 Å². The van der Waals surface area contributed by atoms with E-state index in [2.05, 4.69) is 122 Å². The monoisotopic (exact) mass is 471 g/mol. The Labute approximate surface area is 211 Å². The number of benzene rings is 3. The van der Waals surface area contributed by atoms with E-state index in [1.54, 1.807) is 0 Å². The Morgan fingerprint density at radius 1 is 0.943 bits per heavy atom. The highest BCUT2D eigenvalue weighted by atomic mass is 32.2. The van der Waals surface area contributed by atoms with Crippen LogP contribution in [0.15, 0.2) is 120 Å². The third-order valence-corrected chi connectivity index (χ3v) is 8.55. The van der Waals surface area contributed by atoms with Gasteiger partial charge in [-0.3, -0.25) is 0 Å². The predicted octanol–water partition coefficient (Wildman–Crippen LogP) is 9.18. The largest absolute Gasteiger partial charge is 0.309 e. The molecule has 2 atom stereocenters. The molecule has 1 aliphatic carbocycles. The van der Waals surface area contributed by atoms with Crippen molar-refractivity contribution in [2.45, 2.75) is 26.0 Å². The van der Waals surface area contributed by atoms with Crippen molar-refractivity contribution in [1.82, 2.24) is 4.57 Å². The number of hydrogen-bond acceptors (Lipinski definition) is 1. The number of nitrogens with zero attached hydrogens (tertiary/aromatic N) is 1. The highest BCUT2D eigenvalue weighted by molar-refractivity contribution is 8.04. The summed E-state index contributed by atoms with van der Waals surface area (Å²) in [6.45, 7) is 10.5. The third-order valence-electron chi connectivity index (χ3n) is 7.12. The van der Waals surface area contributed by atoms with Gasteiger partial charge in [-0.2, -0.15) is 0 Å². The zero-order valence-corrected chi connectivity index (χ0v) is 21.3. The van der Waals surface area contributed by atoms with Gasteiger partial charge >= 0.3 is 0 Å². The van der Waals surface area contributed by atoms with E-state index in [0.717, 1.165) is 5.57 Å². The maximum absolute atomic E-state index is 4.01. The van der Waals surface area contributed by atoms with Crippen LogP contribution in [0.25, 0.3) is 33.1 Å². The smallest absolute Gasteiger partial charge is 0.0541 e. The zero-order valence-electron chi connectivity index (χ0n) is 20.5. The van der Waals surface area contributed by atoms with Crippen molar-refractivity contribution < 1.29 is 0 Å². The van der Waals surface area contributed by atoms with Gasteiger partial charge in [0.15, 0.2) is 0 Å². The SMILES string of the molecule is C=C(C)/C=C\C1=C(C)C2C=C(c3ccc4c(c3)c3cc(C)ccc3n4-c3ccccc3)C=CC2S1. The lowest BCUT2D eigenvalue weighted by atomic mass is 9.87. The van der Waals surface area contributed by atoms with Gasteiger partial charge in [0.05, 0.1) is 11.0 Å². The Hall–Kier alpha value is -3.49. The summed E-state index contributed by atoms with van der Waals surface area (Å²) in [5.41, 5.74) is 10.1. The van der Waals surface area contributed by atoms with E-state index in [0.29, 0.717) is 11.2 Å². The predicted molar refractivity (Wildman–Crippen MR) is 154 cm³/mol. The zero-order chi connectivity index (χ0) is 24.1. The van der Waals surface area contributed by atoms with Crippen LogP contribution in [-0.4, -0.2) is 9.82 Å². The molecule has 6 rings (SSSR count). The van der Waals surface area contributed by atoms with Crippen molar-refractivity contribution >= 4 is 39.1 Å². The fourth-order valence-corrected chi connectivity index (χ4v) is 6.65. The average molecular weight is 472 g/mol. The molecule has 1 aliphatic heterocycles. The minimum absolute atomic E-state index is 0.438. The third kappa shape index (κ3) is 3.83. The molecule has 35 heavy (non-hydrogen) atoms. The molecule has 0 bridgehead atoms. The van der Waals surface area contributed by atoms with Crippen LogP contribution in [0.4, 0.5) is 0 Å². The number of allylic oxidation sites excluding steroid dienone is 7. The first-order valence-corrected chi connectivity index (χ1v) is 13.1. The molecule has 4 aromatic rings. The summed E-state index contributed by atoms with van der Waals surface area (Å²) >= 11 is 1.97. The Balaban J connectivity index is 1.47. The van der Waals surface area contributed by atoms with E-state index in [-0.39, 0.29) is 0 Å². The van der Waals surface area contributed by atoms with Gasteiger partial charge in [0.2, 0.25) is 0 Å². The van der Waals surface area contributed by atoms with E-state index in [1.165, 1.54) is 54.7 Å². The van der Waals surface area contributed by atoms with Crippen LogP contribution < -0.4 is 0 Å². The van der Waals surface area contributed by atoms with Crippen molar-refractivity contribution in [3.05, 3.63) is 131 Å². The van der Waals surface area contributed by atoms with Crippen molar-refractivity contribution in [1.29, 1.82) is 0 Å². The molecule has 3 aromatic carbocycles. The molecule has 2 heterocycles. The minimum atomic E-state index is 0.438. The van der Waals surface area contributed by atoms with Crippen LogP contribution in [-0.2, 0) is 0 Å². The number of rotatable bonds is 4. The van der Waals surface area contributed by atoms with Crippen molar-refractivity contribution in [2.75, 3.05) is 0 Å². The first-order valence-electron chi connectivity index (χ1n) is 12.2. The van der Waals surface area contributed by atoms with E-state index in [4.69, 9.17) is 0 Å². The lowest BCUT2D eigenvalue weighted by Crippen LogP contribution is -2.12. The van der Waals surface area contributed by atoms with E-state index in [1.807, 2.05) is 18.7 Å². The fraction of sp³-hybridized carbons (Fsp3) is 0.152. The lowest BCUT2D eigenvalue weighted by molar-refractivity contribution is 0.802. The first kappa shape index (κ1) is 22.0. The molecule has 2 heteroatoms. The molecule has 0 saturated heterocycles. The second kappa shape index (κ2) is 8.62. The van der Waals surface area contributed by atoms with Crippen LogP contribution in [0.5, 0.6) is 0 Å². The number of aromatic nitrogens is 1. The summed E-state index contributed by atoms with van der Waals surface area (Å²) in [6.07, 6.45) is 11.5. The van der Waals surface area contributed by atoms with Crippen LogP contribution in [0, 0.1) is 12.8 Å². The summed E-state index contributed by atoms with van der Waals surface area (Å²) in [6, 6.07) is 24.4. The van der Waals surface area contributed by atoms with Gasteiger partial charge in [0.1, 0.15) is 0 Å². The second-order valence-corrected chi connectivity index (χ2v) is 11.0. The van der Waals surface area contributed by atoms with Gasteiger partial charge in [-0.15, -0.1) is 11.8 Å². The Morgan fingerprint density at radius 3 is 2.46 bits per heavy atom. The van der Waals surface area contributed by atoms with E-state index < -0.39 is 0 Å². The Bertz CT molecular complexity index is 1610. The van der Waals surface area contributed by atoms with Gasteiger partial charge < -0.3 is 4.57 Å². The molecule has 0 spiro atoms. The molecular weight excluding hydrogens is 442 g/mol. The fourth-order valence-electron chi connectivity index (χ4n) is 5.30.